The molecule has 162 valence electrons. The van der Waals surface area contributed by atoms with Gasteiger partial charge >= 0.3 is 5.97 Å². The third kappa shape index (κ3) is 6.55. The van der Waals surface area contributed by atoms with Gasteiger partial charge in [0, 0.05) is 25.9 Å². The van der Waals surface area contributed by atoms with Gasteiger partial charge in [0.2, 0.25) is 10.0 Å². The van der Waals surface area contributed by atoms with Gasteiger partial charge in [0.1, 0.15) is 5.75 Å². The Morgan fingerprint density at radius 3 is 2.37 bits per heavy atom. The van der Waals surface area contributed by atoms with Crippen LogP contribution in [-0.2, 0) is 30.7 Å². The Balaban J connectivity index is 1.36. The van der Waals surface area contributed by atoms with Crippen LogP contribution in [0.4, 0.5) is 0 Å². The van der Waals surface area contributed by atoms with Crippen molar-refractivity contribution >= 4 is 16.0 Å². The van der Waals surface area contributed by atoms with Crippen LogP contribution in [0.25, 0.3) is 0 Å². The maximum atomic E-state index is 12.6. The van der Waals surface area contributed by atoms with Gasteiger partial charge in [-0.25, -0.2) is 8.42 Å². The largest absolute Gasteiger partial charge is 0.493 e. The van der Waals surface area contributed by atoms with Crippen molar-refractivity contribution in [3.63, 3.8) is 0 Å². The molecule has 30 heavy (non-hydrogen) atoms. The Labute approximate surface area is 177 Å². The van der Waals surface area contributed by atoms with E-state index >= 15 is 0 Å². The molecular weight excluding hydrogens is 406 g/mol. The highest BCUT2D eigenvalue weighted by atomic mass is 32.2. The Hall–Kier alpha value is -2.42. The lowest BCUT2D eigenvalue weighted by atomic mass is 10.1. The second kappa shape index (κ2) is 11.1. The smallest absolute Gasteiger partial charge is 0.306 e. The minimum Gasteiger partial charge on any atom is -0.493 e. The number of morpholine rings is 1. The number of carbonyl (C=O) groups is 1. The van der Waals surface area contributed by atoms with E-state index in [1.165, 1.54) is 4.31 Å². The number of hydrogen-bond donors (Lipinski definition) is 0. The molecule has 1 fully saturated rings. The van der Waals surface area contributed by atoms with Crippen LogP contribution in [-0.4, -0.2) is 58.2 Å². The van der Waals surface area contributed by atoms with Crippen molar-refractivity contribution in [2.45, 2.75) is 24.2 Å². The lowest BCUT2D eigenvalue weighted by Crippen LogP contribution is -2.40. The number of ether oxygens (including phenoxy) is 3. The van der Waals surface area contributed by atoms with Crippen LogP contribution in [0.5, 0.6) is 5.75 Å². The normalized spacial score (nSPS) is 14.9. The molecule has 1 saturated heterocycles. The molecule has 0 bridgehead atoms. The summed E-state index contributed by atoms with van der Waals surface area (Å²) < 4.78 is 42.6. The lowest BCUT2D eigenvalue weighted by Gasteiger charge is -2.26. The van der Waals surface area contributed by atoms with Gasteiger partial charge in [0.15, 0.2) is 0 Å². The van der Waals surface area contributed by atoms with E-state index < -0.39 is 10.0 Å². The summed E-state index contributed by atoms with van der Waals surface area (Å²) in [6, 6.07) is 16.2. The predicted octanol–water partition coefficient (Wildman–Crippen LogP) is 2.65. The van der Waals surface area contributed by atoms with Gasteiger partial charge < -0.3 is 14.2 Å². The van der Waals surface area contributed by atoms with Gasteiger partial charge in [-0.1, -0.05) is 30.3 Å². The molecule has 3 rings (SSSR count). The van der Waals surface area contributed by atoms with Crippen molar-refractivity contribution in [1.29, 1.82) is 0 Å². The van der Waals surface area contributed by atoms with Gasteiger partial charge in [-0.05, 0) is 36.2 Å². The van der Waals surface area contributed by atoms with E-state index in [0.29, 0.717) is 52.4 Å². The molecule has 0 N–H and O–H groups in total. The van der Waals surface area contributed by atoms with Crippen molar-refractivity contribution in [1.82, 2.24) is 4.31 Å². The fourth-order valence-corrected chi connectivity index (χ4v) is 4.44. The molecule has 0 saturated carbocycles. The molecule has 0 aromatic heterocycles. The highest BCUT2D eigenvalue weighted by Gasteiger charge is 2.26. The second-order valence-corrected chi connectivity index (χ2v) is 8.83. The van der Waals surface area contributed by atoms with Crippen LogP contribution in [0.2, 0.25) is 0 Å². The molecule has 2 aromatic rings. The van der Waals surface area contributed by atoms with E-state index in [0.717, 1.165) is 11.3 Å². The quantitative estimate of drug-likeness (QED) is 0.423. The van der Waals surface area contributed by atoms with Crippen LogP contribution in [0.1, 0.15) is 18.4 Å². The minimum atomic E-state index is -3.50. The molecule has 0 atom stereocenters. The van der Waals surface area contributed by atoms with Gasteiger partial charge in [-0.15, -0.1) is 0 Å². The molecule has 1 heterocycles. The van der Waals surface area contributed by atoms with E-state index in [2.05, 4.69) is 0 Å². The number of para-hydroxylation sites is 1. The molecule has 8 heteroatoms. The van der Waals surface area contributed by atoms with E-state index in [1.54, 1.807) is 24.3 Å². The number of benzene rings is 2. The number of aryl methyl sites for hydroxylation is 1. The second-order valence-electron chi connectivity index (χ2n) is 6.90. The number of hydrogen-bond acceptors (Lipinski definition) is 6. The van der Waals surface area contributed by atoms with Gasteiger partial charge in [-0.3, -0.25) is 4.79 Å². The van der Waals surface area contributed by atoms with Crippen LogP contribution >= 0.6 is 0 Å². The fourth-order valence-electron chi connectivity index (χ4n) is 3.03. The molecule has 2 aromatic carbocycles. The minimum absolute atomic E-state index is 0.245. The first-order chi connectivity index (χ1) is 14.6. The van der Waals surface area contributed by atoms with Gasteiger partial charge in [0.25, 0.3) is 0 Å². The Bertz CT molecular complexity index is 893. The first-order valence-electron chi connectivity index (χ1n) is 10.1. The highest BCUT2D eigenvalue weighted by Crippen LogP contribution is 2.18. The van der Waals surface area contributed by atoms with E-state index in [4.69, 9.17) is 14.2 Å². The third-order valence-corrected chi connectivity index (χ3v) is 6.63. The zero-order chi connectivity index (χ0) is 21.2. The van der Waals surface area contributed by atoms with Crippen molar-refractivity contribution in [3.05, 3.63) is 60.2 Å². The summed E-state index contributed by atoms with van der Waals surface area (Å²) in [5, 5.41) is 0. The van der Waals surface area contributed by atoms with E-state index in [9.17, 15) is 13.2 Å². The maximum Gasteiger partial charge on any atom is 0.306 e. The average molecular weight is 434 g/mol. The third-order valence-electron chi connectivity index (χ3n) is 4.71. The molecule has 0 spiro atoms. The van der Waals surface area contributed by atoms with Crippen molar-refractivity contribution in [2.24, 2.45) is 0 Å². The number of sulfonamides is 1. The van der Waals surface area contributed by atoms with Crippen molar-refractivity contribution < 1.29 is 27.4 Å². The molecule has 0 radical (unpaired) electrons. The predicted molar refractivity (Wildman–Crippen MR) is 112 cm³/mol. The Kier molecular flexibility index (Phi) is 8.24. The van der Waals surface area contributed by atoms with Crippen LogP contribution < -0.4 is 4.74 Å². The Morgan fingerprint density at radius 1 is 0.967 bits per heavy atom. The summed E-state index contributed by atoms with van der Waals surface area (Å²) in [4.78, 5) is 12.2. The number of esters is 1. The summed E-state index contributed by atoms with van der Waals surface area (Å²) in [6.45, 7) is 2.35. The average Bonchev–Trinajstić information content (AvgIpc) is 2.79. The SMILES string of the molecule is O=C(CCc1ccc(S(=O)(=O)N2CCOCC2)cc1)OCCCOc1ccccc1. The van der Waals surface area contributed by atoms with Crippen LogP contribution in [0.15, 0.2) is 59.5 Å². The zero-order valence-electron chi connectivity index (χ0n) is 16.9. The van der Waals surface area contributed by atoms with Crippen LogP contribution in [0, 0.1) is 0 Å². The molecule has 0 unspecified atom stereocenters. The standard InChI is InChI=1S/C22H27NO6S/c24-22(29-16-4-15-28-20-5-2-1-3-6-20)12-9-19-7-10-21(11-8-19)30(25,26)23-13-17-27-18-14-23/h1-3,5-8,10-11H,4,9,12-18H2. The van der Waals surface area contributed by atoms with E-state index in [1.807, 2.05) is 30.3 Å². The maximum absolute atomic E-state index is 12.6. The molecule has 1 aliphatic heterocycles. The number of carbonyl (C=O) groups excluding carboxylic acids is 1. The summed E-state index contributed by atoms with van der Waals surface area (Å²) in [5.74, 6) is 0.516. The Morgan fingerprint density at radius 2 is 1.67 bits per heavy atom. The summed E-state index contributed by atoms with van der Waals surface area (Å²) >= 11 is 0. The topological polar surface area (TPSA) is 82.1 Å². The molecule has 0 aliphatic carbocycles. The molecule has 1 aliphatic rings. The van der Waals surface area contributed by atoms with E-state index in [-0.39, 0.29) is 17.3 Å². The molecular formula is C22H27NO6S. The monoisotopic (exact) mass is 433 g/mol. The highest BCUT2D eigenvalue weighted by molar-refractivity contribution is 7.89. The number of nitrogens with zero attached hydrogens (tertiary/aromatic N) is 1. The molecule has 7 nitrogen and oxygen atoms in total. The van der Waals surface area contributed by atoms with Crippen molar-refractivity contribution in [3.8, 4) is 5.75 Å². The summed E-state index contributed by atoms with van der Waals surface area (Å²) in [5.41, 5.74) is 0.889. The first-order valence-corrected chi connectivity index (χ1v) is 11.5. The van der Waals surface area contributed by atoms with Gasteiger partial charge in [-0.2, -0.15) is 4.31 Å². The zero-order valence-corrected chi connectivity index (χ0v) is 17.7. The van der Waals surface area contributed by atoms with Crippen molar-refractivity contribution in [2.75, 3.05) is 39.5 Å². The number of rotatable bonds is 10. The molecule has 0 amide bonds. The first kappa shape index (κ1) is 22.3. The lowest BCUT2D eigenvalue weighted by molar-refractivity contribution is -0.143. The fraction of sp³-hybridized carbons (Fsp3) is 0.409. The van der Waals surface area contributed by atoms with Crippen LogP contribution in [0.3, 0.4) is 0 Å². The summed E-state index contributed by atoms with van der Waals surface area (Å²) in [7, 11) is -3.50. The summed E-state index contributed by atoms with van der Waals surface area (Å²) in [6.07, 6.45) is 1.36. The van der Waals surface area contributed by atoms with Gasteiger partial charge in [0.05, 0.1) is 31.3 Å².